The Labute approximate surface area is 104 Å². The first kappa shape index (κ1) is 10.7. The van der Waals surface area contributed by atoms with E-state index in [1.54, 1.807) is 6.07 Å². The summed E-state index contributed by atoms with van der Waals surface area (Å²) >= 11 is 0. The molecule has 2 N–H and O–H groups in total. The first-order valence-electron chi connectivity index (χ1n) is 5.70. The number of nitrogens with zero attached hydrogens (tertiary/aromatic N) is 1. The molecule has 0 bridgehead atoms. The summed E-state index contributed by atoms with van der Waals surface area (Å²) in [6.07, 6.45) is -1.32. The van der Waals surface area contributed by atoms with Crippen LogP contribution in [0.5, 0.6) is 0 Å². The molecule has 0 aliphatic carbocycles. The second kappa shape index (κ2) is 4.07. The summed E-state index contributed by atoms with van der Waals surface area (Å²) in [6, 6.07) is 17.0. The number of carboxylic acid groups (broad SMARTS) is 1. The van der Waals surface area contributed by atoms with Gasteiger partial charge >= 0.3 is 6.09 Å². The van der Waals surface area contributed by atoms with Gasteiger partial charge in [0.05, 0.1) is 11.4 Å². The van der Waals surface area contributed by atoms with Gasteiger partial charge in [0.1, 0.15) is 6.17 Å². The number of hydrogen-bond acceptors (Lipinski definition) is 2. The smallest absolute Gasteiger partial charge is 0.413 e. The van der Waals surface area contributed by atoms with Crippen molar-refractivity contribution >= 4 is 17.5 Å². The number of rotatable bonds is 1. The van der Waals surface area contributed by atoms with Crippen molar-refractivity contribution in [1.29, 1.82) is 0 Å². The molecule has 0 saturated heterocycles. The molecule has 0 saturated carbocycles. The number of carbonyl (C=O) groups is 1. The Morgan fingerprint density at radius 1 is 1.06 bits per heavy atom. The van der Waals surface area contributed by atoms with Crippen molar-refractivity contribution in [2.75, 3.05) is 10.2 Å². The molecule has 1 unspecified atom stereocenters. The van der Waals surface area contributed by atoms with E-state index in [1.807, 2.05) is 48.5 Å². The summed E-state index contributed by atoms with van der Waals surface area (Å²) in [5, 5.41) is 12.6. The third-order valence-corrected chi connectivity index (χ3v) is 3.04. The van der Waals surface area contributed by atoms with Crippen molar-refractivity contribution in [3.8, 4) is 0 Å². The molecule has 1 aliphatic rings. The van der Waals surface area contributed by atoms with Gasteiger partial charge in [-0.3, -0.25) is 4.90 Å². The third-order valence-electron chi connectivity index (χ3n) is 3.04. The highest BCUT2D eigenvalue weighted by Gasteiger charge is 2.33. The largest absolute Gasteiger partial charge is 0.465 e. The first-order chi connectivity index (χ1) is 8.77. The molecule has 3 rings (SSSR count). The predicted octanol–water partition coefficient (Wildman–Crippen LogP) is 3.30. The van der Waals surface area contributed by atoms with Crippen molar-refractivity contribution in [3.63, 3.8) is 0 Å². The summed E-state index contributed by atoms with van der Waals surface area (Å²) in [5.74, 6) is 0. The lowest BCUT2D eigenvalue weighted by Crippen LogP contribution is -2.32. The number of hydrogen-bond donors (Lipinski definition) is 2. The molecule has 4 heteroatoms. The molecule has 1 atom stereocenters. The highest BCUT2D eigenvalue weighted by Crippen LogP contribution is 2.40. The normalized spacial score (nSPS) is 17.1. The van der Waals surface area contributed by atoms with E-state index in [9.17, 15) is 9.90 Å². The van der Waals surface area contributed by atoms with Gasteiger partial charge in [-0.05, 0) is 17.7 Å². The fourth-order valence-electron chi connectivity index (χ4n) is 2.24. The van der Waals surface area contributed by atoms with Crippen LogP contribution in [0.25, 0.3) is 0 Å². The number of para-hydroxylation sites is 2. The van der Waals surface area contributed by atoms with Crippen molar-refractivity contribution in [3.05, 3.63) is 60.2 Å². The number of fused-ring (bicyclic) bond motifs is 1. The summed E-state index contributed by atoms with van der Waals surface area (Å²) in [4.78, 5) is 12.8. The van der Waals surface area contributed by atoms with Gasteiger partial charge in [-0.1, -0.05) is 42.5 Å². The van der Waals surface area contributed by atoms with Crippen molar-refractivity contribution < 1.29 is 9.90 Å². The Kier molecular flexibility index (Phi) is 2.41. The molecule has 0 aromatic heterocycles. The van der Waals surface area contributed by atoms with Gasteiger partial charge in [0, 0.05) is 0 Å². The molecule has 4 nitrogen and oxygen atoms in total. The van der Waals surface area contributed by atoms with Gasteiger partial charge in [0.25, 0.3) is 0 Å². The van der Waals surface area contributed by atoms with E-state index in [-0.39, 0.29) is 6.17 Å². The van der Waals surface area contributed by atoms with Crippen molar-refractivity contribution in [1.82, 2.24) is 0 Å². The predicted molar refractivity (Wildman–Crippen MR) is 69.8 cm³/mol. The van der Waals surface area contributed by atoms with E-state index in [4.69, 9.17) is 0 Å². The molecule has 2 aromatic rings. The van der Waals surface area contributed by atoms with Crippen LogP contribution in [0.1, 0.15) is 11.7 Å². The number of benzene rings is 2. The summed E-state index contributed by atoms with van der Waals surface area (Å²) in [6.45, 7) is 0. The maximum atomic E-state index is 11.4. The highest BCUT2D eigenvalue weighted by atomic mass is 16.4. The van der Waals surface area contributed by atoms with Crippen LogP contribution in [-0.4, -0.2) is 11.2 Å². The second-order valence-corrected chi connectivity index (χ2v) is 4.13. The fourth-order valence-corrected chi connectivity index (χ4v) is 2.24. The Morgan fingerprint density at radius 2 is 1.72 bits per heavy atom. The molecule has 2 aromatic carbocycles. The van der Waals surface area contributed by atoms with E-state index in [0.29, 0.717) is 5.69 Å². The maximum absolute atomic E-state index is 11.4. The van der Waals surface area contributed by atoms with E-state index in [0.717, 1.165) is 11.3 Å². The molecular formula is C14H12N2O2. The molecule has 90 valence electrons. The minimum absolute atomic E-state index is 0.360. The van der Waals surface area contributed by atoms with Crippen LogP contribution in [0, 0.1) is 0 Å². The second-order valence-electron chi connectivity index (χ2n) is 4.13. The summed E-state index contributed by atoms with van der Waals surface area (Å²) in [5.41, 5.74) is 2.46. The van der Waals surface area contributed by atoms with Gasteiger partial charge < -0.3 is 10.4 Å². The Morgan fingerprint density at radius 3 is 2.44 bits per heavy atom. The highest BCUT2D eigenvalue weighted by molar-refractivity contribution is 5.95. The Bertz CT molecular complexity index is 583. The van der Waals surface area contributed by atoms with Gasteiger partial charge in [-0.25, -0.2) is 4.79 Å². The molecule has 1 amide bonds. The monoisotopic (exact) mass is 240 g/mol. The molecule has 0 fully saturated rings. The Balaban J connectivity index is 2.06. The SMILES string of the molecule is O=C(O)N1c2ccccc2NC1c1ccccc1. The van der Waals surface area contributed by atoms with Crippen LogP contribution in [-0.2, 0) is 0 Å². The van der Waals surface area contributed by atoms with Gasteiger partial charge in [0.2, 0.25) is 0 Å². The van der Waals surface area contributed by atoms with E-state index in [2.05, 4.69) is 5.32 Å². The average molecular weight is 240 g/mol. The molecular weight excluding hydrogens is 228 g/mol. The zero-order valence-corrected chi connectivity index (χ0v) is 9.58. The van der Waals surface area contributed by atoms with Crippen LogP contribution in [0.3, 0.4) is 0 Å². The zero-order valence-electron chi connectivity index (χ0n) is 9.58. The standard InChI is InChI=1S/C14H12N2O2/c17-14(18)16-12-9-5-4-8-11(12)15-13(16)10-6-2-1-3-7-10/h1-9,13,15H,(H,17,18). The molecule has 1 aliphatic heterocycles. The van der Waals surface area contributed by atoms with Crippen LogP contribution < -0.4 is 10.2 Å². The van der Waals surface area contributed by atoms with Crippen LogP contribution in [0.4, 0.5) is 16.2 Å². The van der Waals surface area contributed by atoms with E-state index >= 15 is 0 Å². The maximum Gasteiger partial charge on any atom is 0.413 e. The van der Waals surface area contributed by atoms with Crippen LogP contribution >= 0.6 is 0 Å². The zero-order chi connectivity index (χ0) is 12.5. The first-order valence-corrected chi connectivity index (χ1v) is 5.70. The molecule has 18 heavy (non-hydrogen) atoms. The van der Waals surface area contributed by atoms with Crippen molar-refractivity contribution in [2.45, 2.75) is 6.17 Å². The minimum Gasteiger partial charge on any atom is -0.465 e. The Hall–Kier alpha value is -2.49. The summed E-state index contributed by atoms with van der Waals surface area (Å²) in [7, 11) is 0. The lowest BCUT2D eigenvalue weighted by Gasteiger charge is -2.22. The van der Waals surface area contributed by atoms with Gasteiger partial charge in [-0.2, -0.15) is 0 Å². The molecule has 0 spiro atoms. The topological polar surface area (TPSA) is 52.6 Å². The van der Waals surface area contributed by atoms with E-state index < -0.39 is 6.09 Å². The van der Waals surface area contributed by atoms with Gasteiger partial charge in [-0.15, -0.1) is 0 Å². The quantitative estimate of drug-likeness (QED) is 0.804. The van der Waals surface area contributed by atoms with E-state index in [1.165, 1.54) is 4.90 Å². The average Bonchev–Trinajstić information content (AvgIpc) is 2.79. The number of nitrogens with one attached hydrogen (secondary N) is 1. The minimum atomic E-state index is -0.957. The molecule has 0 radical (unpaired) electrons. The van der Waals surface area contributed by atoms with Crippen LogP contribution in [0.15, 0.2) is 54.6 Å². The fraction of sp³-hybridized carbons (Fsp3) is 0.0714. The lowest BCUT2D eigenvalue weighted by atomic mass is 10.1. The van der Waals surface area contributed by atoms with Crippen molar-refractivity contribution in [2.24, 2.45) is 0 Å². The third kappa shape index (κ3) is 1.59. The summed E-state index contributed by atoms with van der Waals surface area (Å²) < 4.78 is 0. The number of anilines is 2. The van der Waals surface area contributed by atoms with Crippen LogP contribution in [0.2, 0.25) is 0 Å². The lowest BCUT2D eigenvalue weighted by molar-refractivity contribution is 0.200. The molecule has 1 heterocycles. The van der Waals surface area contributed by atoms with Gasteiger partial charge in [0.15, 0.2) is 0 Å². The number of amides is 1.